The average Bonchev–Trinajstić information content (AvgIpc) is 1.81. The summed E-state index contributed by atoms with van der Waals surface area (Å²) < 4.78 is 0. The van der Waals surface area contributed by atoms with Gasteiger partial charge in [-0.3, -0.25) is 5.73 Å². The molecule has 8 heavy (non-hydrogen) atoms. The molecule has 0 atom stereocenters. The van der Waals surface area contributed by atoms with Crippen molar-refractivity contribution in [2.24, 2.45) is 0 Å². The number of unbranched alkanes of at least 4 members (excludes halogenated alkanes) is 3. The van der Waals surface area contributed by atoms with Gasteiger partial charge in [0.2, 0.25) is 0 Å². The first-order valence-electron chi connectivity index (χ1n) is 3.00. The highest BCUT2D eigenvalue weighted by molar-refractivity contribution is 4.82. The highest BCUT2D eigenvalue weighted by atomic mass is 14.5. The molecule has 45 valence electrons. The van der Waals surface area contributed by atoms with Gasteiger partial charge in [-0.1, -0.05) is 6.42 Å². The lowest BCUT2D eigenvalue weighted by molar-refractivity contribution is 0.695. The van der Waals surface area contributed by atoms with Gasteiger partial charge in [-0.25, -0.2) is 0 Å². The Morgan fingerprint density at radius 2 is 2.00 bits per heavy atom. The van der Waals surface area contributed by atoms with E-state index in [1.807, 2.05) is 0 Å². The third-order valence-corrected chi connectivity index (χ3v) is 0.998. The maximum Gasteiger partial charge on any atom is 0.00997 e. The van der Waals surface area contributed by atoms with Gasteiger partial charge in [-0.15, -0.1) is 12.3 Å². The number of terminal acetylenes is 1. The zero-order chi connectivity index (χ0) is 6.24. The van der Waals surface area contributed by atoms with Crippen molar-refractivity contribution in [3.8, 4) is 12.3 Å². The summed E-state index contributed by atoms with van der Waals surface area (Å²) >= 11 is 0. The van der Waals surface area contributed by atoms with Gasteiger partial charge in [0.05, 0.1) is 0 Å². The van der Waals surface area contributed by atoms with E-state index >= 15 is 0 Å². The Morgan fingerprint density at radius 3 is 2.50 bits per heavy atom. The van der Waals surface area contributed by atoms with Gasteiger partial charge >= 0.3 is 0 Å². The molecule has 0 aromatic carbocycles. The van der Waals surface area contributed by atoms with E-state index in [2.05, 4.69) is 5.92 Å². The van der Waals surface area contributed by atoms with Crippen molar-refractivity contribution < 1.29 is 0 Å². The van der Waals surface area contributed by atoms with E-state index in [1.165, 1.54) is 0 Å². The lowest BCUT2D eigenvalue weighted by Gasteiger charge is -1.90. The van der Waals surface area contributed by atoms with E-state index in [4.69, 9.17) is 12.2 Å². The Balaban J connectivity index is 2.65. The Morgan fingerprint density at radius 1 is 1.25 bits per heavy atom. The molecule has 0 spiro atoms. The van der Waals surface area contributed by atoms with Gasteiger partial charge in [0.25, 0.3) is 0 Å². The smallest absolute Gasteiger partial charge is 0.00997 e. The van der Waals surface area contributed by atoms with Crippen LogP contribution >= 0.6 is 0 Å². The molecule has 1 heteroatoms. The van der Waals surface area contributed by atoms with Crippen LogP contribution in [0.3, 0.4) is 0 Å². The van der Waals surface area contributed by atoms with Crippen LogP contribution in [0.4, 0.5) is 0 Å². The van der Waals surface area contributed by atoms with E-state index in [1.54, 1.807) is 0 Å². The topological polar surface area (TPSA) is 23.8 Å². The van der Waals surface area contributed by atoms with Crippen LogP contribution in [-0.4, -0.2) is 6.54 Å². The van der Waals surface area contributed by atoms with Crippen molar-refractivity contribution in [2.45, 2.75) is 25.7 Å². The summed E-state index contributed by atoms with van der Waals surface area (Å²) in [6.07, 6.45) is 9.10. The third kappa shape index (κ3) is 5.52. The fraction of sp³-hybridized carbons (Fsp3) is 0.714. The van der Waals surface area contributed by atoms with Crippen LogP contribution in [0.5, 0.6) is 0 Å². The molecule has 0 aliphatic heterocycles. The molecule has 0 fully saturated rings. The highest BCUT2D eigenvalue weighted by Crippen LogP contribution is 1.95. The zero-order valence-electron chi connectivity index (χ0n) is 5.11. The lowest BCUT2D eigenvalue weighted by Crippen LogP contribution is -1.83. The quantitative estimate of drug-likeness (QED) is 0.386. The van der Waals surface area contributed by atoms with E-state index in [-0.39, 0.29) is 0 Å². The van der Waals surface area contributed by atoms with Crippen LogP contribution in [-0.2, 0) is 0 Å². The Hall–Kier alpha value is -0.480. The van der Waals surface area contributed by atoms with Gasteiger partial charge in [-0.2, -0.15) is 0 Å². The second-order valence-electron chi connectivity index (χ2n) is 1.76. The molecule has 0 aliphatic carbocycles. The first-order chi connectivity index (χ1) is 3.91. The van der Waals surface area contributed by atoms with E-state index < -0.39 is 0 Å². The van der Waals surface area contributed by atoms with Crippen molar-refractivity contribution in [1.29, 1.82) is 0 Å². The summed E-state index contributed by atoms with van der Waals surface area (Å²) in [4.78, 5) is 0. The largest absolute Gasteiger partial charge is 0.258 e. The van der Waals surface area contributed by atoms with Crippen LogP contribution in [0, 0.1) is 12.3 Å². The summed E-state index contributed by atoms with van der Waals surface area (Å²) in [5, 5.41) is 0. The Bertz CT molecular complexity index is 70.9. The standard InChI is InChI=1S/C7H12N/c1-2-3-4-5-6-7-8/h1,8H,3-7H2. The number of hydrogen-bond acceptors (Lipinski definition) is 0. The molecule has 0 rings (SSSR count). The van der Waals surface area contributed by atoms with Crippen molar-refractivity contribution in [3.63, 3.8) is 0 Å². The number of rotatable bonds is 4. The first kappa shape index (κ1) is 7.52. The minimum absolute atomic E-state index is 0.546. The van der Waals surface area contributed by atoms with Crippen LogP contribution in [0.2, 0.25) is 0 Å². The van der Waals surface area contributed by atoms with Crippen molar-refractivity contribution in [3.05, 3.63) is 0 Å². The van der Waals surface area contributed by atoms with Gasteiger partial charge in [0.15, 0.2) is 0 Å². The van der Waals surface area contributed by atoms with Crippen LogP contribution in [0.1, 0.15) is 25.7 Å². The van der Waals surface area contributed by atoms with Crippen LogP contribution in [0.25, 0.3) is 0 Å². The van der Waals surface area contributed by atoms with Crippen molar-refractivity contribution in [1.82, 2.24) is 5.73 Å². The second kappa shape index (κ2) is 6.52. The normalized spacial score (nSPS) is 8.50. The Labute approximate surface area is 51.3 Å². The molecule has 0 aliphatic rings. The van der Waals surface area contributed by atoms with Crippen molar-refractivity contribution >= 4 is 0 Å². The van der Waals surface area contributed by atoms with E-state index in [0.29, 0.717) is 6.54 Å². The first-order valence-corrected chi connectivity index (χ1v) is 3.00. The average molecular weight is 110 g/mol. The molecule has 0 saturated carbocycles. The Kier molecular flexibility index (Phi) is 6.13. The molecule has 0 amide bonds. The molecule has 1 radical (unpaired) electrons. The summed E-state index contributed by atoms with van der Waals surface area (Å²) in [6, 6.07) is 0. The molecule has 0 aromatic rings. The van der Waals surface area contributed by atoms with Crippen LogP contribution in [0.15, 0.2) is 0 Å². The minimum Gasteiger partial charge on any atom is -0.258 e. The summed E-state index contributed by atoms with van der Waals surface area (Å²) in [7, 11) is 0. The summed E-state index contributed by atoms with van der Waals surface area (Å²) in [5.74, 6) is 2.57. The fourth-order valence-corrected chi connectivity index (χ4v) is 0.529. The fourth-order valence-electron chi connectivity index (χ4n) is 0.529. The molecule has 1 N–H and O–H groups in total. The van der Waals surface area contributed by atoms with Gasteiger partial charge in [0, 0.05) is 13.0 Å². The molecular formula is C7H12N. The molecule has 0 saturated heterocycles. The molecular weight excluding hydrogens is 98.1 g/mol. The van der Waals surface area contributed by atoms with E-state index in [9.17, 15) is 0 Å². The molecule has 0 heterocycles. The van der Waals surface area contributed by atoms with Crippen molar-refractivity contribution in [2.75, 3.05) is 6.54 Å². The third-order valence-electron chi connectivity index (χ3n) is 0.998. The molecule has 0 aromatic heterocycles. The van der Waals surface area contributed by atoms with Gasteiger partial charge < -0.3 is 0 Å². The van der Waals surface area contributed by atoms with Gasteiger partial charge in [-0.05, 0) is 12.8 Å². The second-order valence-corrected chi connectivity index (χ2v) is 1.76. The summed E-state index contributed by atoms with van der Waals surface area (Å²) in [6.45, 7) is 0.546. The predicted molar refractivity (Wildman–Crippen MR) is 35.3 cm³/mol. The van der Waals surface area contributed by atoms with Gasteiger partial charge in [0.1, 0.15) is 0 Å². The zero-order valence-corrected chi connectivity index (χ0v) is 5.11. The predicted octanol–water partition coefficient (Wildman–Crippen LogP) is 1.46. The molecule has 1 nitrogen and oxygen atoms in total. The maximum absolute atomic E-state index is 6.79. The maximum atomic E-state index is 6.79. The molecule has 0 unspecified atom stereocenters. The molecule has 0 bridgehead atoms. The summed E-state index contributed by atoms with van der Waals surface area (Å²) in [5.41, 5.74) is 6.79. The highest BCUT2D eigenvalue weighted by Gasteiger charge is 1.82. The lowest BCUT2D eigenvalue weighted by atomic mass is 10.2. The number of hydrogen-bond donors (Lipinski definition) is 0. The SMILES string of the molecule is C#CCCCCC[NH]. The minimum atomic E-state index is 0.546. The number of nitrogens with one attached hydrogen (secondary N) is 1. The monoisotopic (exact) mass is 110 g/mol. The van der Waals surface area contributed by atoms with E-state index in [0.717, 1.165) is 25.7 Å². The van der Waals surface area contributed by atoms with Crippen LogP contribution < -0.4 is 5.73 Å².